The summed E-state index contributed by atoms with van der Waals surface area (Å²) in [6, 6.07) is 7.62. The van der Waals surface area contributed by atoms with Crippen LogP contribution in [0.5, 0.6) is 5.75 Å². The molecule has 24 heavy (non-hydrogen) atoms. The van der Waals surface area contributed by atoms with Crippen molar-refractivity contribution in [1.29, 1.82) is 0 Å². The Balaban J connectivity index is 1.88. The standard InChI is InChI=1S/C18H20N4O2/c1-2-24-14-10-6-5-9-13(14)16-20-17-15(12-7-3-4-8-12)19-11-22(17)18(23)21-16/h5-6,9-12H,2-4,7-8H2,1H3,(H,20,21,23). The van der Waals surface area contributed by atoms with Gasteiger partial charge in [0.05, 0.1) is 17.9 Å². The highest BCUT2D eigenvalue weighted by Gasteiger charge is 2.23. The Hall–Kier alpha value is -2.63. The zero-order valence-corrected chi connectivity index (χ0v) is 13.7. The molecule has 6 nitrogen and oxygen atoms in total. The van der Waals surface area contributed by atoms with Crippen molar-refractivity contribution in [3.05, 3.63) is 46.8 Å². The number of nitrogens with zero attached hydrogens (tertiary/aromatic N) is 3. The van der Waals surface area contributed by atoms with E-state index in [9.17, 15) is 4.79 Å². The molecule has 0 saturated heterocycles. The molecule has 1 N–H and O–H groups in total. The van der Waals surface area contributed by atoms with Crippen molar-refractivity contribution in [1.82, 2.24) is 19.4 Å². The Morgan fingerprint density at radius 2 is 2.08 bits per heavy atom. The van der Waals surface area contributed by atoms with E-state index in [4.69, 9.17) is 9.72 Å². The minimum absolute atomic E-state index is 0.224. The second kappa shape index (κ2) is 6.11. The summed E-state index contributed by atoms with van der Waals surface area (Å²) >= 11 is 0. The lowest BCUT2D eigenvalue weighted by molar-refractivity contribution is 0.341. The summed E-state index contributed by atoms with van der Waals surface area (Å²) in [4.78, 5) is 24.5. The number of para-hydroxylation sites is 1. The molecular weight excluding hydrogens is 304 g/mol. The summed E-state index contributed by atoms with van der Waals surface area (Å²) < 4.78 is 7.17. The molecule has 0 radical (unpaired) electrons. The molecule has 0 bridgehead atoms. The van der Waals surface area contributed by atoms with Gasteiger partial charge in [0, 0.05) is 5.92 Å². The molecule has 0 unspecified atom stereocenters. The lowest BCUT2D eigenvalue weighted by Gasteiger charge is -2.10. The molecule has 4 rings (SSSR count). The molecule has 0 aliphatic heterocycles. The lowest BCUT2D eigenvalue weighted by Crippen LogP contribution is -2.18. The Labute approximate surface area is 139 Å². The van der Waals surface area contributed by atoms with Crippen LogP contribution in [0.15, 0.2) is 35.4 Å². The van der Waals surface area contributed by atoms with E-state index in [0.29, 0.717) is 24.0 Å². The van der Waals surface area contributed by atoms with Gasteiger partial charge < -0.3 is 4.74 Å². The predicted molar refractivity (Wildman–Crippen MR) is 91.4 cm³/mol. The lowest BCUT2D eigenvalue weighted by atomic mass is 10.0. The fraction of sp³-hybridized carbons (Fsp3) is 0.389. The Morgan fingerprint density at radius 1 is 1.29 bits per heavy atom. The van der Waals surface area contributed by atoms with Gasteiger partial charge in [-0.25, -0.2) is 19.2 Å². The van der Waals surface area contributed by atoms with Crippen LogP contribution in [0.3, 0.4) is 0 Å². The van der Waals surface area contributed by atoms with Crippen LogP contribution in [-0.2, 0) is 0 Å². The average molecular weight is 324 g/mol. The molecule has 3 aromatic rings. The molecule has 124 valence electrons. The third-order valence-corrected chi connectivity index (χ3v) is 4.62. The molecule has 1 aliphatic carbocycles. The van der Waals surface area contributed by atoms with E-state index in [1.54, 1.807) is 6.33 Å². The summed E-state index contributed by atoms with van der Waals surface area (Å²) in [6.07, 6.45) is 6.24. The van der Waals surface area contributed by atoms with E-state index in [2.05, 4.69) is 9.97 Å². The average Bonchev–Trinajstić information content (AvgIpc) is 3.24. The normalized spacial score (nSPS) is 15.2. The van der Waals surface area contributed by atoms with E-state index in [-0.39, 0.29) is 5.69 Å². The smallest absolute Gasteiger partial charge is 0.334 e. The van der Waals surface area contributed by atoms with Gasteiger partial charge in [0.2, 0.25) is 0 Å². The Morgan fingerprint density at radius 3 is 2.88 bits per heavy atom. The van der Waals surface area contributed by atoms with Crippen molar-refractivity contribution in [3.63, 3.8) is 0 Å². The van der Waals surface area contributed by atoms with E-state index < -0.39 is 0 Å². The van der Waals surface area contributed by atoms with Crippen molar-refractivity contribution in [2.45, 2.75) is 38.5 Å². The van der Waals surface area contributed by atoms with Crippen LogP contribution in [-0.4, -0.2) is 26.0 Å². The minimum Gasteiger partial charge on any atom is -0.493 e. The molecule has 2 heterocycles. The van der Waals surface area contributed by atoms with Crippen LogP contribution < -0.4 is 10.4 Å². The Bertz CT molecular complexity index is 922. The predicted octanol–water partition coefficient (Wildman–Crippen LogP) is 3.14. The minimum atomic E-state index is -0.224. The maximum absolute atomic E-state index is 12.5. The van der Waals surface area contributed by atoms with Gasteiger partial charge in [0.1, 0.15) is 17.9 Å². The van der Waals surface area contributed by atoms with E-state index >= 15 is 0 Å². The molecular formula is C18H20N4O2. The van der Waals surface area contributed by atoms with E-state index in [0.717, 1.165) is 29.8 Å². The fourth-order valence-electron chi connectivity index (χ4n) is 3.47. The number of fused-ring (bicyclic) bond motifs is 1. The highest BCUT2D eigenvalue weighted by atomic mass is 16.5. The third-order valence-electron chi connectivity index (χ3n) is 4.62. The summed E-state index contributed by atoms with van der Waals surface area (Å²) in [5.74, 6) is 1.64. The molecule has 0 spiro atoms. The SMILES string of the molecule is CCOc1ccccc1-c1nc2c(C3CCCC3)ncn2c(=O)[nH]1. The largest absolute Gasteiger partial charge is 0.493 e. The van der Waals surface area contributed by atoms with E-state index in [1.807, 2.05) is 31.2 Å². The van der Waals surface area contributed by atoms with Crippen molar-refractivity contribution < 1.29 is 4.74 Å². The van der Waals surface area contributed by atoms with Crippen LogP contribution in [0.25, 0.3) is 17.0 Å². The summed E-state index contributed by atoms with van der Waals surface area (Å²) in [7, 11) is 0. The summed E-state index contributed by atoms with van der Waals surface area (Å²) in [5.41, 5.74) is 2.16. The molecule has 1 aromatic carbocycles. The van der Waals surface area contributed by atoms with Crippen molar-refractivity contribution in [2.75, 3.05) is 6.61 Å². The number of hydrogen-bond acceptors (Lipinski definition) is 4. The van der Waals surface area contributed by atoms with Crippen molar-refractivity contribution >= 4 is 5.65 Å². The van der Waals surface area contributed by atoms with Gasteiger partial charge >= 0.3 is 5.69 Å². The molecule has 6 heteroatoms. The summed E-state index contributed by atoms with van der Waals surface area (Å²) in [6.45, 7) is 2.49. The number of imidazole rings is 1. The number of aromatic nitrogens is 4. The number of nitrogens with one attached hydrogen (secondary N) is 1. The summed E-state index contributed by atoms with van der Waals surface area (Å²) in [5, 5.41) is 0. The Kier molecular flexibility index (Phi) is 3.80. The highest BCUT2D eigenvalue weighted by molar-refractivity contribution is 5.65. The zero-order chi connectivity index (χ0) is 16.5. The van der Waals surface area contributed by atoms with Gasteiger partial charge in [-0.1, -0.05) is 25.0 Å². The van der Waals surface area contributed by atoms with E-state index in [1.165, 1.54) is 17.2 Å². The maximum atomic E-state index is 12.5. The van der Waals surface area contributed by atoms with Gasteiger partial charge in [-0.2, -0.15) is 0 Å². The first-order chi connectivity index (χ1) is 11.8. The first-order valence-electron chi connectivity index (χ1n) is 8.47. The van der Waals surface area contributed by atoms with Crippen LogP contribution in [0.4, 0.5) is 0 Å². The van der Waals surface area contributed by atoms with Crippen molar-refractivity contribution in [3.8, 4) is 17.1 Å². The zero-order valence-electron chi connectivity index (χ0n) is 13.7. The molecule has 1 fully saturated rings. The topological polar surface area (TPSA) is 72.3 Å². The van der Waals surface area contributed by atoms with Gasteiger partial charge in [-0.05, 0) is 31.9 Å². The van der Waals surface area contributed by atoms with Gasteiger partial charge in [0.15, 0.2) is 5.65 Å². The number of aromatic amines is 1. The van der Waals surface area contributed by atoms with Crippen LogP contribution >= 0.6 is 0 Å². The number of H-pyrrole nitrogens is 1. The number of rotatable bonds is 4. The highest BCUT2D eigenvalue weighted by Crippen LogP contribution is 2.35. The fourth-order valence-corrected chi connectivity index (χ4v) is 3.47. The third kappa shape index (κ3) is 2.48. The van der Waals surface area contributed by atoms with Crippen LogP contribution in [0.1, 0.15) is 44.2 Å². The van der Waals surface area contributed by atoms with Gasteiger partial charge in [0.25, 0.3) is 0 Å². The molecule has 1 saturated carbocycles. The number of benzene rings is 1. The number of ether oxygens (including phenoxy) is 1. The molecule has 0 amide bonds. The number of hydrogen-bond donors (Lipinski definition) is 1. The first kappa shape index (κ1) is 14.9. The first-order valence-corrected chi connectivity index (χ1v) is 8.47. The molecule has 0 atom stereocenters. The van der Waals surface area contributed by atoms with Crippen LogP contribution in [0, 0.1) is 0 Å². The second-order valence-corrected chi connectivity index (χ2v) is 6.12. The maximum Gasteiger partial charge on any atom is 0.334 e. The quantitative estimate of drug-likeness (QED) is 0.800. The monoisotopic (exact) mass is 324 g/mol. The second-order valence-electron chi connectivity index (χ2n) is 6.12. The van der Waals surface area contributed by atoms with Crippen LogP contribution in [0.2, 0.25) is 0 Å². The molecule has 2 aromatic heterocycles. The van der Waals surface area contributed by atoms with Gasteiger partial charge in [-0.3, -0.25) is 4.98 Å². The van der Waals surface area contributed by atoms with Gasteiger partial charge in [-0.15, -0.1) is 0 Å². The molecule has 1 aliphatic rings. The van der Waals surface area contributed by atoms with Crippen molar-refractivity contribution in [2.24, 2.45) is 0 Å².